The van der Waals surface area contributed by atoms with Gasteiger partial charge in [0.2, 0.25) is 0 Å². The van der Waals surface area contributed by atoms with Gasteiger partial charge in [-0.15, -0.1) is 13.2 Å². The highest BCUT2D eigenvalue weighted by Crippen LogP contribution is 2.53. The van der Waals surface area contributed by atoms with Crippen LogP contribution in [0.5, 0.6) is 0 Å². The van der Waals surface area contributed by atoms with Crippen LogP contribution in [-0.2, 0) is 23.2 Å². The summed E-state index contributed by atoms with van der Waals surface area (Å²) in [6.07, 6.45) is 9.15. The Morgan fingerprint density at radius 1 is 0.552 bits per heavy atom. The predicted molar refractivity (Wildman–Crippen MR) is 248 cm³/mol. The Bertz CT molecular complexity index is 2220. The van der Waals surface area contributed by atoms with Gasteiger partial charge in [0, 0.05) is 43.1 Å². The Hall–Kier alpha value is -4.71. The van der Waals surface area contributed by atoms with Crippen LogP contribution in [0.2, 0.25) is 20.1 Å². The van der Waals surface area contributed by atoms with E-state index < -0.39 is 11.6 Å². The van der Waals surface area contributed by atoms with Gasteiger partial charge in [0.1, 0.15) is 0 Å². The zero-order valence-electron chi connectivity index (χ0n) is 33.4. The lowest BCUT2D eigenvalue weighted by Gasteiger charge is -2.28. The number of fused-ring (bicyclic) bond motifs is 1. The van der Waals surface area contributed by atoms with Crippen LogP contribution >= 0.6 is 46.4 Å². The predicted octanol–water partition coefficient (Wildman–Crippen LogP) is 14.1. The minimum atomic E-state index is -1.61. The van der Waals surface area contributed by atoms with E-state index in [0.29, 0.717) is 5.56 Å². The first-order valence-electron chi connectivity index (χ1n) is 19.7. The van der Waals surface area contributed by atoms with Crippen molar-refractivity contribution >= 4 is 74.9 Å². The van der Waals surface area contributed by atoms with E-state index in [1.165, 1.54) is 0 Å². The van der Waals surface area contributed by atoms with Crippen molar-refractivity contribution in [3.05, 3.63) is 199 Å². The van der Waals surface area contributed by atoms with E-state index in [-0.39, 0.29) is 25.7 Å². The van der Waals surface area contributed by atoms with Crippen molar-refractivity contribution in [2.45, 2.75) is 46.1 Å². The van der Waals surface area contributed by atoms with E-state index >= 15 is 0 Å². The Kier molecular flexibility index (Phi) is 14.0. The zero-order valence-corrected chi connectivity index (χ0v) is 36.5. The van der Waals surface area contributed by atoms with Crippen LogP contribution < -0.4 is 9.80 Å². The number of benzene rings is 5. The molecule has 0 saturated carbocycles. The highest BCUT2D eigenvalue weighted by molar-refractivity contribution is 6.53. The molecule has 1 aliphatic rings. The van der Waals surface area contributed by atoms with Crippen molar-refractivity contribution < 1.29 is 9.53 Å². The summed E-state index contributed by atoms with van der Waals surface area (Å²) in [6, 6.07) is 33.5. The van der Waals surface area contributed by atoms with Crippen molar-refractivity contribution in [1.82, 2.24) is 0 Å². The number of anilines is 2. The summed E-state index contributed by atoms with van der Waals surface area (Å²) in [5.41, 5.74) is 8.47. The van der Waals surface area contributed by atoms with Gasteiger partial charge in [-0.05, 0) is 121 Å². The summed E-state index contributed by atoms with van der Waals surface area (Å²) in [7, 11) is 0. The molecule has 0 unspecified atom stereocenters. The molecule has 0 radical (unpaired) electrons. The maximum absolute atomic E-state index is 14.3. The summed E-state index contributed by atoms with van der Waals surface area (Å²) in [4.78, 5) is 18.9. The Morgan fingerprint density at radius 2 is 0.897 bits per heavy atom. The molecule has 1 heterocycles. The molecule has 0 saturated heterocycles. The molecule has 4 nitrogen and oxygen atoms in total. The van der Waals surface area contributed by atoms with Crippen LogP contribution in [0.3, 0.4) is 0 Å². The van der Waals surface area contributed by atoms with Gasteiger partial charge in [-0.1, -0.05) is 131 Å². The molecule has 0 fully saturated rings. The van der Waals surface area contributed by atoms with Gasteiger partial charge in [-0.25, -0.2) is 4.79 Å². The number of esters is 1. The molecule has 58 heavy (non-hydrogen) atoms. The fourth-order valence-electron chi connectivity index (χ4n) is 7.64. The largest absolute Gasteiger partial charge is 0.442 e. The lowest BCUT2D eigenvalue weighted by molar-refractivity contribution is 0.0300. The fraction of sp³-hybridized carbons (Fsp3) is 0.220. The summed E-state index contributed by atoms with van der Waals surface area (Å²) in [6.45, 7) is 19.9. The van der Waals surface area contributed by atoms with Crippen molar-refractivity contribution in [1.29, 1.82) is 0 Å². The topological polar surface area (TPSA) is 32.8 Å². The van der Waals surface area contributed by atoms with Crippen LogP contribution in [0, 0.1) is 0 Å². The Labute approximate surface area is 363 Å². The van der Waals surface area contributed by atoms with Gasteiger partial charge in [0.15, 0.2) is 5.60 Å². The number of nitrogens with zero attached hydrogens (tertiary/aromatic N) is 2. The highest BCUT2D eigenvalue weighted by atomic mass is 35.5. The third-order valence-electron chi connectivity index (χ3n) is 10.7. The molecule has 0 aliphatic carbocycles. The molecular formula is C50H48Cl4N2O2. The van der Waals surface area contributed by atoms with E-state index in [1.807, 2.05) is 24.3 Å². The number of carbonyl (C=O) groups excluding carboxylic acids is 1. The number of halogens is 4. The Balaban J connectivity index is 1.71. The normalized spacial score (nSPS) is 15.2. The first-order valence-corrected chi connectivity index (χ1v) is 21.2. The number of carbonyl (C=O) groups is 1. The molecule has 5 aromatic carbocycles. The van der Waals surface area contributed by atoms with E-state index in [2.05, 4.69) is 148 Å². The summed E-state index contributed by atoms with van der Waals surface area (Å²) < 4.78 is 6.64. The highest BCUT2D eigenvalue weighted by Gasteiger charge is 2.48. The van der Waals surface area contributed by atoms with E-state index in [9.17, 15) is 4.79 Å². The number of allylic oxidation sites excluding steroid dienone is 2. The van der Waals surface area contributed by atoms with Gasteiger partial charge in [0.05, 0.1) is 25.7 Å². The molecular weight excluding hydrogens is 802 g/mol. The van der Waals surface area contributed by atoms with Gasteiger partial charge in [-0.2, -0.15) is 0 Å². The Morgan fingerprint density at radius 3 is 1.24 bits per heavy atom. The van der Waals surface area contributed by atoms with Gasteiger partial charge in [-0.3, -0.25) is 0 Å². The molecule has 1 aliphatic heterocycles. The van der Waals surface area contributed by atoms with Crippen LogP contribution in [0.15, 0.2) is 135 Å². The maximum Gasteiger partial charge on any atom is 0.341 e. The van der Waals surface area contributed by atoms with Crippen molar-refractivity contribution in [2.75, 3.05) is 36.0 Å². The van der Waals surface area contributed by atoms with Crippen LogP contribution in [0.25, 0.3) is 11.1 Å². The third-order valence-corrected chi connectivity index (χ3v) is 12.5. The molecule has 6 rings (SSSR count). The molecule has 0 bridgehead atoms. The molecule has 298 valence electrons. The quantitative estimate of drug-likeness (QED) is 0.0429. The lowest BCUT2D eigenvalue weighted by atomic mass is 9.82. The standard InChI is InChI=1S/C50H48Cl4N2O2/c1-7-13-33-15-19-35(20-16-33)41(37-23-27-39(28-24-37)55(9-3)10-4)31-50(44-43(49(57)58-50)45(51)47(53)48(54)46(44)52)32-42(36-21-17-34(14-8-2)18-22-36)38-25-29-40(30-26-38)56(11-5)12-6/h7-8,15-32H,1-2,9-14H2,3-6H3. The molecule has 0 amide bonds. The van der Waals surface area contributed by atoms with Crippen LogP contribution in [-0.4, -0.2) is 32.1 Å². The monoisotopic (exact) mass is 848 g/mol. The average Bonchev–Trinajstić information content (AvgIpc) is 3.54. The fourth-order valence-corrected chi connectivity index (χ4v) is 8.72. The van der Waals surface area contributed by atoms with Crippen LogP contribution in [0.4, 0.5) is 11.4 Å². The second-order valence-electron chi connectivity index (χ2n) is 14.1. The average molecular weight is 851 g/mol. The smallest absolute Gasteiger partial charge is 0.341 e. The third kappa shape index (κ3) is 8.67. The molecule has 0 atom stereocenters. The maximum atomic E-state index is 14.3. The minimum absolute atomic E-state index is 0.0113. The molecule has 0 spiro atoms. The summed E-state index contributed by atoms with van der Waals surface area (Å²) in [5, 5.41) is 0.0919. The zero-order chi connectivity index (χ0) is 41.6. The molecule has 0 N–H and O–H groups in total. The first-order chi connectivity index (χ1) is 28.0. The number of rotatable bonds is 16. The van der Waals surface area contributed by atoms with E-state index in [0.717, 1.165) is 94.9 Å². The SMILES string of the molecule is C=CCc1ccc(C(=CC2(C=C(c3ccc(CC=C)cc3)c3ccc(N(CC)CC)cc3)OC(=O)c3c(Cl)c(Cl)c(Cl)c(Cl)c32)c2ccc(N(CC)CC)cc2)cc1. The molecule has 5 aromatic rings. The second-order valence-corrected chi connectivity index (χ2v) is 15.6. The van der Waals surface area contributed by atoms with Gasteiger partial charge < -0.3 is 14.5 Å². The van der Waals surface area contributed by atoms with Crippen molar-refractivity contribution in [3.63, 3.8) is 0 Å². The lowest BCUT2D eigenvalue weighted by Crippen LogP contribution is -2.23. The number of hydrogen-bond donors (Lipinski definition) is 0. The van der Waals surface area contributed by atoms with Gasteiger partial charge >= 0.3 is 5.97 Å². The number of hydrogen-bond acceptors (Lipinski definition) is 4. The summed E-state index contributed by atoms with van der Waals surface area (Å²) >= 11 is 27.6. The van der Waals surface area contributed by atoms with E-state index in [1.54, 1.807) is 0 Å². The number of cyclic esters (lactones) is 1. The minimum Gasteiger partial charge on any atom is -0.442 e. The van der Waals surface area contributed by atoms with Crippen LogP contribution in [0.1, 0.15) is 77.0 Å². The second kappa shape index (κ2) is 18.9. The number of ether oxygens (including phenoxy) is 1. The first kappa shape index (κ1) is 42.9. The van der Waals surface area contributed by atoms with Crippen molar-refractivity contribution in [2.24, 2.45) is 0 Å². The molecule has 8 heteroatoms. The van der Waals surface area contributed by atoms with Gasteiger partial charge in [0.25, 0.3) is 0 Å². The molecule has 0 aromatic heterocycles. The van der Waals surface area contributed by atoms with E-state index in [4.69, 9.17) is 51.1 Å². The summed E-state index contributed by atoms with van der Waals surface area (Å²) in [5.74, 6) is -0.664. The van der Waals surface area contributed by atoms with Crippen molar-refractivity contribution in [3.8, 4) is 0 Å².